The molecule has 0 unspecified atom stereocenters. The number of pyridine rings is 1. The molecule has 0 saturated carbocycles. The van der Waals surface area contributed by atoms with Crippen molar-refractivity contribution >= 4 is 17.6 Å². The smallest absolute Gasteiger partial charge is 0.338 e. The maximum atomic E-state index is 13.7. The first-order valence-corrected chi connectivity index (χ1v) is 4.55. The summed E-state index contributed by atoms with van der Waals surface area (Å²) < 4.78 is 14.7. The van der Waals surface area contributed by atoms with Gasteiger partial charge in [-0.15, -0.1) is 0 Å². The average molecular weight is 242 g/mol. The third kappa shape index (κ3) is 1.74. The largest absolute Gasteiger partial charge is 0.478 e. The quantitative estimate of drug-likeness (QED) is 0.870. The highest BCUT2D eigenvalue weighted by atomic mass is 35.5. The summed E-state index contributed by atoms with van der Waals surface area (Å²) in [6, 6.07) is 1.08. The molecule has 0 bridgehead atoms. The first-order valence-electron chi connectivity index (χ1n) is 4.18. The minimum Gasteiger partial charge on any atom is -0.478 e. The van der Waals surface area contributed by atoms with Crippen LogP contribution in [0.1, 0.15) is 10.4 Å². The Morgan fingerprint density at radius 2 is 2.31 bits per heavy atom. The van der Waals surface area contributed by atoms with Crippen LogP contribution >= 0.6 is 11.6 Å². The molecule has 0 radical (unpaired) electrons. The highest BCUT2D eigenvalue weighted by molar-refractivity contribution is 6.30. The Morgan fingerprint density at radius 1 is 1.56 bits per heavy atom. The number of carbonyl (C=O) groups is 1. The van der Waals surface area contributed by atoms with Crippen molar-refractivity contribution in [1.29, 1.82) is 0 Å². The van der Waals surface area contributed by atoms with Gasteiger partial charge in [0.2, 0.25) is 0 Å². The van der Waals surface area contributed by atoms with Crippen LogP contribution in [0, 0.1) is 5.82 Å². The Balaban J connectivity index is 2.58. The number of carboxylic acid groups (broad SMARTS) is 1. The van der Waals surface area contributed by atoms with Crippen LogP contribution in [0.25, 0.3) is 5.82 Å². The maximum absolute atomic E-state index is 13.7. The van der Waals surface area contributed by atoms with Crippen LogP contribution in [0.2, 0.25) is 5.02 Å². The van der Waals surface area contributed by atoms with Crippen molar-refractivity contribution in [2.45, 2.75) is 0 Å². The zero-order chi connectivity index (χ0) is 11.7. The summed E-state index contributed by atoms with van der Waals surface area (Å²) in [6.45, 7) is 0. The van der Waals surface area contributed by atoms with Gasteiger partial charge in [-0.3, -0.25) is 0 Å². The molecule has 0 aliphatic heterocycles. The van der Waals surface area contributed by atoms with E-state index in [-0.39, 0.29) is 5.82 Å². The average Bonchev–Trinajstić information content (AvgIpc) is 2.64. The van der Waals surface area contributed by atoms with E-state index in [9.17, 15) is 9.18 Å². The number of aromatic carboxylic acids is 1. The third-order valence-electron chi connectivity index (χ3n) is 1.87. The molecular weight excluding hydrogens is 237 g/mol. The summed E-state index contributed by atoms with van der Waals surface area (Å²) >= 11 is 5.62. The van der Waals surface area contributed by atoms with Gasteiger partial charge < -0.3 is 5.11 Å². The molecule has 16 heavy (non-hydrogen) atoms. The fraction of sp³-hybridized carbons (Fsp3) is 0. The Morgan fingerprint density at radius 3 is 2.88 bits per heavy atom. The minimum atomic E-state index is -1.36. The lowest BCUT2D eigenvalue weighted by Gasteiger charge is -2.03. The predicted molar refractivity (Wildman–Crippen MR) is 53.3 cm³/mol. The normalized spacial score (nSPS) is 10.4. The van der Waals surface area contributed by atoms with Gasteiger partial charge in [0.05, 0.1) is 17.4 Å². The van der Waals surface area contributed by atoms with E-state index in [1.807, 2.05) is 0 Å². The van der Waals surface area contributed by atoms with Crippen molar-refractivity contribution in [3.05, 3.63) is 41.1 Å². The monoisotopic (exact) mass is 241 g/mol. The Hall–Kier alpha value is -1.95. The number of hydrogen-bond acceptors (Lipinski definition) is 3. The molecule has 0 aromatic carbocycles. The number of nitrogens with zero attached hydrogens (tertiary/aromatic N) is 3. The Bertz CT molecular complexity index is 555. The molecule has 2 aromatic rings. The molecule has 0 atom stereocenters. The lowest BCUT2D eigenvalue weighted by Crippen LogP contribution is -2.08. The van der Waals surface area contributed by atoms with E-state index in [1.165, 1.54) is 18.6 Å². The topological polar surface area (TPSA) is 68.0 Å². The van der Waals surface area contributed by atoms with Gasteiger partial charge >= 0.3 is 5.97 Å². The first kappa shape index (κ1) is 10.6. The highest BCUT2D eigenvalue weighted by Crippen LogP contribution is 2.16. The fourth-order valence-corrected chi connectivity index (χ4v) is 1.31. The van der Waals surface area contributed by atoms with Crippen molar-refractivity contribution in [2.75, 3.05) is 0 Å². The molecule has 0 spiro atoms. The van der Waals surface area contributed by atoms with Crippen LogP contribution in [-0.4, -0.2) is 25.8 Å². The van der Waals surface area contributed by atoms with Crippen molar-refractivity contribution < 1.29 is 14.3 Å². The molecule has 82 valence electrons. The molecule has 0 fully saturated rings. The molecule has 2 rings (SSSR count). The molecule has 0 amide bonds. The molecular formula is C9H5ClFN3O2. The molecule has 0 aliphatic carbocycles. The summed E-state index contributed by atoms with van der Waals surface area (Å²) in [4.78, 5) is 14.4. The van der Waals surface area contributed by atoms with Crippen molar-refractivity contribution in [3.63, 3.8) is 0 Å². The van der Waals surface area contributed by atoms with E-state index in [1.54, 1.807) is 0 Å². The minimum absolute atomic E-state index is 0.202. The fourth-order valence-electron chi connectivity index (χ4n) is 1.17. The van der Waals surface area contributed by atoms with Gasteiger partial charge in [0.15, 0.2) is 11.6 Å². The van der Waals surface area contributed by atoms with Gasteiger partial charge in [0.25, 0.3) is 0 Å². The molecule has 2 heterocycles. The lowest BCUT2D eigenvalue weighted by molar-refractivity contribution is 0.0691. The Labute approximate surface area is 94.1 Å². The summed E-state index contributed by atoms with van der Waals surface area (Å²) in [6.07, 6.45) is 3.83. The van der Waals surface area contributed by atoms with Crippen LogP contribution in [0.4, 0.5) is 4.39 Å². The van der Waals surface area contributed by atoms with E-state index in [0.717, 1.165) is 10.7 Å². The van der Waals surface area contributed by atoms with Gasteiger partial charge in [-0.25, -0.2) is 18.9 Å². The Kier molecular flexibility index (Phi) is 2.57. The number of halogens is 2. The second-order valence-electron chi connectivity index (χ2n) is 2.90. The standard InChI is InChI=1S/C9H5ClFN3O2/c10-5-3-13-14(4-5)8-7(11)6(9(15)16)1-2-12-8/h1-4H,(H,15,16). The molecule has 5 nitrogen and oxygen atoms in total. The summed E-state index contributed by atoms with van der Waals surface area (Å²) in [5, 5.41) is 12.8. The van der Waals surface area contributed by atoms with Crippen molar-refractivity contribution in [3.8, 4) is 5.82 Å². The van der Waals surface area contributed by atoms with Crippen LogP contribution in [0.3, 0.4) is 0 Å². The summed E-state index contributed by atoms with van der Waals surface area (Å²) in [5.74, 6) is -2.51. The molecule has 0 aliphatic rings. The summed E-state index contributed by atoms with van der Waals surface area (Å²) in [7, 11) is 0. The number of rotatable bonds is 2. The van der Waals surface area contributed by atoms with Crippen molar-refractivity contribution in [2.24, 2.45) is 0 Å². The van der Waals surface area contributed by atoms with Gasteiger partial charge in [-0.05, 0) is 6.07 Å². The van der Waals surface area contributed by atoms with E-state index < -0.39 is 17.3 Å². The van der Waals surface area contributed by atoms with Gasteiger partial charge in [-0.1, -0.05) is 11.6 Å². The lowest BCUT2D eigenvalue weighted by atomic mass is 10.2. The first-order chi connectivity index (χ1) is 7.59. The van der Waals surface area contributed by atoms with Gasteiger partial charge in [0.1, 0.15) is 5.56 Å². The second-order valence-corrected chi connectivity index (χ2v) is 3.34. The number of aromatic nitrogens is 3. The van der Waals surface area contributed by atoms with Gasteiger partial charge in [-0.2, -0.15) is 5.10 Å². The zero-order valence-corrected chi connectivity index (χ0v) is 8.52. The molecule has 2 aromatic heterocycles. The number of carboxylic acids is 1. The van der Waals surface area contributed by atoms with Crippen molar-refractivity contribution in [1.82, 2.24) is 14.8 Å². The van der Waals surface area contributed by atoms with Crippen LogP contribution in [0.15, 0.2) is 24.7 Å². The zero-order valence-electron chi connectivity index (χ0n) is 7.76. The predicted octanol–water partition coefficient (Wildman–Crippen LogP) is 1.76. The van der Waals surface area contributed by atoms with E-state index in [0.29, 0.717) is 5.02 Å². The third-order valence-corrected chi connectivity index (χ3v) is 2.06. The number of hydrogen-bond donors (Lipinski definition) is 1. The molecule has 1 N–H and O–H groups in total. The van der Waals surface area contributed by atoms with E-state index >= 15 is 0 Å². The van der Waals surface area contributed by atoms with Crippen LogP contribution in [0.5, 0.6) is 0 Å². The SMILES string of the molecule is O=C(O)c1ccnc(-n2cc(Cl)cn2)c1F. The van der Waals surface area contributed by atoms with Gasteiger partial charge in [0, 0.05) is 6.20 Å². The van der Waals surface area contributed by atoms with E-state index in [2.05, 4.69) is 10.1 Å². The van der Waals surface area contributed by atoms with Crippen LogP contribution in [-0.2, 0) is 0 Å². The van der Waals surface area contributed by atoms with E-state index in [4.69, 9.17) is 16.7 Å². The van der Waals surface area contributed by atoms with Crippen LogP contribution < -0.4 is 0 Å². The highest BCUT2D eigenvalue weighted by Gasteiger charge is 2.16. The second kappa shape index (κ2) is 3.90. The molecule has 7 heteroatoms. The summed E-state index contributed by atoms with van der Waals surface area (Å²) in [5.41, 5.74) is -0.461. The maximum Gasteiger partial charge on any atom is 0.338 e. The molecule has 0 saturated heterocycles.